The van der Waals surface area contributed by atoms with E-state index in [0.29, 0.717) is 0 Å². The number of ether oxygens (including phenoxy) is 2. The van der Waals surface area contributed by atoms with Gasteiger partial charge in [-0.15, -0.1) is 0 Å². The molecule has 10 heteroatoms. The lowest BCUT2D eigenvalue weighted by atomic mass is 9.86. The molecule has 2 aromatic heterocycles. The molecule has 1 saturated heterocycles. The smallest absolute Gasteiger partial charge is 0.206 e. The number of methoxy groups -OCH3 is 1. The van der Waals surface area contributed by atoms with Crippen molar-refractivity contribution in [3.05, 3.63) is 23.9 Å². The van der Waals surface area contributed by atoms with Crippen molar-refractivity contribution in [2.75, 3.05) is 26.1 Å². The molecule has 9 nitrogen and oxygen atoms in total. The van der Waals surface area contributed by atoms with Crippen LogP contribution in [-0.2, 0) is 15.1 Å². The van der Waals surface area contributed by atoms with Crippen molar-refractivity contribution in [2.45, 2.75) is 17.3 Å². The predicted octanol–water partition coefficient (Wildman–Crippen LogP) is -1.06. The number of nitrogens with two attached hydrogens (primary N) is 1. The normalized spacial score (nSPS) is 30.7. The molecule has 0 saturated carbocycles. The maximum absolute atomic E-state index is 14.2. The number of hydrogen-bond acceptors (Lipinski definition) is 8. The second-order valence-corrected chi connectivity index (χ2v) is 5.23. The van der Waals surface area contributed by atoms with Gasteiger partial charge < -0.3 is 25.4 Å². The van der Waals surface area contributed by atoms with Crippen LogP contribution in [0.4, 0.5) is 10.2 Å². The van der Waals surface area contributed by atoms with Crippen LogP contribution >= 0.6 is 0 Å². The third-order valence-electron chi connectivity index (χ3n) is 4.19. The van der Waals surface area contributed by atoms with Gasteiger partial charge in [-0.05, 0) is 0 Å². The predicted molar refractivity (Wildman–Crippen MR) is 73.4 cm³/mol. The molecule has 0 spiro atoms. The van der Waals surface area contributed by atoms with Crippen LogP contribution in [0, 0.1) is 17.1 Å². The summed E-state index contributed by atoms with van der Waals surface area (Å²) in [4.78, 5) is 3.72. The maximum atomic E-state index is 14.2. The van der Waals surface area contributed by atoms with E-state index in [0.717, 1.165) is 16.9 Å². The highest BCUT2D eigenvalue weighted by atomic mass is 19.1. The molecule has 0 bridgehead atoms. The standard InChI is InChI=1S/C13H14FN5O4/c1-22-13(5-23-12(3-15,4-20)11(13)21)8-2-7(14)9-10(16)17-6-18-19(8)9/h2,6,11,20-21H,4-5H2,1H3,(H2,16,17,18)/t11-,12-,13-/m1/s1. The van der Waals surface area contributed by atoms with Crippen molar-refractivity contribution < 1.29 is 24.1 Å². The van der Waals surface area contributed by atoms with Crippen LogP contribution in [0.25, 0.3) is 5.52 Å². The lowest BCUT2D eigenvalue weighted by Crippen LogP contribution is -2.51. The van der Waals surface area contributed by atoms with Gasteiger partial charge in [0.05, 0.1) is 18.9 Å². The molecular weight excluding hydrogens is 309 g/mol. The number of fused-ring (bicyclic) bond motifs is 1. The zero-order valence-electron chi connectivity index (χ0n) is 12.1. The highest BCUT2D eigenvalue weighted by Gasteiger charge is 2.61. The Morgan fingerprint density at radius 2 is 2.43 bits per heavy atom. The molecule has 1 aliphatic rings. The molecule has 0 aliphatic carbocycles. The fraction of sp³-hybridized carbons (Fsp3) is 0.462. The number of rotatable bonds is 3. The first-order chi connectivity index (χ1) is 11.0. The Kier molecular flexibility index (Phi) is 3.46. The summed E-state index contributed by atoms with van der Waals surface area (Å²) in [5.74, 6) is -0.794. The Morgan fingerprint density at radius 3 is 3.00 bits per heavy atom. The van der Waals surface area contributed by atoms with Crippen molar-refractivity contribution in [1.82, 2.24) is 14.6 Å². The molecule has 3 atom stereocenters. The minimum Gasteiger partial charge on any atom is -0.392 e. The molecule has 122 valence electrons. The summed E-state index contributed by atoms with van der Waals surface area (Å²) >= 11 is 0. The first-order valence-electron chi connectivity index (χ1n) is 6.63. The Morgan fingerprint density at radius 1 is 1.70 bits per heavy atom. The summed E-state index contributed by atoms with van der Waals surface area (Å²) in [6, 6.07) is 2.82. The number of hydrogen-bond donors (Lipinski definition) is 3. The van der Waals surface area contributed by atoms with E-state index >= 15 is 0 Å². The number of nitrogen functional groups attached to an aromatic ring is 1. The van der Waals surface area contributed by atoms with Gasteiger partial charge in [0.15, 0.2) is 17.2 Å². The Hall–Kier alpha value is -2.32. The average molecular weight is 323 g/mol. The maximum Gasteiger partial charge on any atom is 0.206 e. The molecule has 2 aromatic rings. The number of nitrogens with zero attached hydrogens (tertiary/aromatic N) is 4. The molecule has 0 radical (unpaired) electrons. The summed E-state index contributed by atoms with van der Waals surface area (Å²) in [7, 11) is 1.28. The number of aliphatic hydroxyl groups excluding tert-OH is 2. The minimum atomic E-state index is -1.88. The zero-order chi connectivity index (χ0) is 16.8. The second kappa shape index (κ2) is 5.10. The molecule has 3 heterocycles. The third kappa shape index (κ3) is 1.85. The lowest BCUT2D eigenvalue weighted by Gasteiger charge is -2.31. The Bertz CT molecular complexity index is 805. The van der Waals surface area contributed by atoms with E-state index in [1.807, 2.05) is 0 Å². The van der Waals surface area contributed by atoms with Gasteiger partial charge in [0, 0.05) is 13.2 Å². The van der Waals surface area contributed by atoms with Crippen LogP contribution in [-0.4, -0.2) is 56.8 Å². The van der Waals surface area contributed by atoms with Crippen molar-refractivity contribution in [3.63, 3.8) is 0 Å². The SMILES string of the molecule is CO[C@@]1(c2cc(F)c3c(N)ncnn23)CO[C@](C#N)(CO)[C@H]1O. The molecule has 0 aromatic carbocycles. The summed E-state index contributed by atoms with van der Waals surface area (Å²) in [5, 5.41) is 33.2. The molecule has 4 N–H and O–H groups in total. The van der Waals surface area contributed by atoms with E-state index in [-0.39, 0.29) is 23.6 Å². The van der Waals surface area contributed by atoms with Crippen molar-refractivity contribution >= 4 is 11.3 Å². The van der Waals surface area contributed by atoms with Crippen LogP contribution in [0.15, 0.2) is 12.4 Å². The Labute approximate surface area is 129 Å². The van der Waals surface area contributed by atoms with Crippen molar-refractivity contribution in [2.24, 2.45) is 0 Å². The fourth-order valence-electron chi connectivity index (χ4n) is 2.84. The average Bonchev–Trinajstić information content (AvgIpc) is 3.05. The van der Waals surface area contributed by atoms with Gasteiger partial charge in [-0.1, -0.05) is 0 Å². The van der Waals surface area contributed by atoms with Gasteiger partial charge in [-0.2, -0.15) is 10.4 Å². The van der Waals surface area contributed by atoms with Gasteiger partial charge in [-0.25, -0.2) is 13.9 Å². The van der Waals surface area contributed by atoms with E-state index in [2.05, 4.69) is 10.1 Å². The molecule has 23 heavy (non-hydrogen) atoms. The molecule has 0 amide bonds. The van der Waals surface area contributed by atoms with E-state index in [9.17, 15) is 19.9 Å². The van der Waals surface area contributed by atoms with E-state index in [1.54, 1.807) is 6.07 Å². The van der Waals surface area contributed by atoms with E-state index in [4.69, 9.17) is 15.2 Å². The van der Waals surface area contributed by atoms with Crippen molar-refractivity contribution in [1.29, 1.82) is 5.26 Å². The zero-order valence-corrected chi connectivity index (χ0v) is 12.1. The van der Waals surface area contributed by atoms with Gasteiger partial charge in [0.25, 0.3) is 0 Å². The highest BCUT2D eigenvalue weighted by molar-refractivity contribution is 5.67. The van der Waals surface area contributed by atoms with Crippen LogP contribution in [0.3, 0.4) is 0 Å². The summed E-state index contributed by atoms with van der Waals surface area (Å²) in [6.07, 6.45) is -0.455. The van der Waals surface area contributed by atoms with Crippen LogP contribution in [0.5, 0.6) is 0 Å². The monoisotopic (exact) mass is 323 g/mol. The van der Waals surface area contributed by atoms with E-state index < -0.39 is 29.7 Å². The number of aliphatic hydroxyl groups is 2. The van der Waals surface area contributed by atoms with Gasteiger partial charge >= 0.3 is 0 Å². The molecule has 1 aliphatic heterocycles. The number of halogens is 1. The number of nitriles is 1. The number of aromatic nitrogens is 3. The molecule has 3 rings (SSSR count). The summed E-state index contributed by atoms with van der Waals surface area (Å²) < 4.78 is 26.1. The quantitative estimate of drug-likeness (QED) is 0.649. The van der Waals surface area contributed by atoms with Crippen LogP contribution < -0.4 is 5.73 Å². The fourth-order valence-corrected chi connectivity index (χ4v) is 2.84. The minimum absolute atomic E-state index is 0.0791. The van der Waals surface area contributed by atoms with Gasteiger partial charge in [-0.3, -0.25) is 0 Å². The molecule has 0 unspecified atom stereocenters. The third-order valence-corrected chi connectivity index (χ3v) is 4.19. The molecule has 1 fully saturated rings. The highest BCUT2D eigenvalue weighted by Crippen LogP contribution is 2.43. The topological polar surface area (TPSA) is 139 Å². The van der Waals surface area contributed by atoms with Crippen LogP contribution in [0.1, 0.15) is 5.69 Å². The Balaban J connectivity index is 2.25. The second-order valence-electron chi connectivity index (χ2n) is 5.23. The largest absolute Gasteiger partial charge is 0.392 e. The first-order valence-corrected chi connectivity index (χ1v) is 6.63. The lowest BCUT2D eigenvalue weighted by molar-refractivity contribution is -0.103. The van der Waals surface area contributed by atoms with Gasteiger partial charge in [0.2, 0.25) is 5.60 Å². The van der Waals surface area contributed by atoms with Gasteiger partial charge in [0.1, 0.15) is 24.0 Å². The summed E-state index contributed by atoms with van der Waals surface area (Å²) in [5.41, 5.74) is 2.19. The first kappa shape index (κ1) is 15.6. The number of anilines is 1. The van der Waals surface area contributed by atoms with Crippen molar-refractivity contribution in [3.8, 4) is 6.07 Å². The van der Waals surface area contributed by atoms with E-state index in [1.165, 1.54) is 7.11 Å². The summed E-state index contributed by atoms with van der Waals surface area (Å²) in [6.45, 7) is -1.03. The molecular formula is C13H14FN5O4. The van der Waals surface area contributed by atoms with Crippen LogP contribution in [0.2, 0.25) is 0 Å².